The molecule has 1 aromatic carbocycles. The summed E-state index contributed by atoms with van der Waals surface area (Å²) >= 11 is 0. The van der Waals surface area contributed by atoms with E-state index in [0.29, 0.717) is 6.42 Å². The summed E-state index contributed by atoms with van der Waals surface area (Å²) in [5.74, 6) is -1.03. The van der Waals surface area contributed by atoms with Crippen LogP contribution in [0.15, 0.2) is 30.3 Å². The third-order valence-corrected chi connectivity index (χ3v) is 3.15. The minimum absolute atomic E-state index is 0.0817. The van der Waals surface area contributed by atoms with Crippen LogP contribution in [0.4, 0.5) is 4.79 Å². The Labute approximate surface area is 125 Å². The van der Waals surface area contributed by atoms with E-state index in [1.54, 1.807) is 20.8 Å². The second-order valence-electron chi connectivity index (χ2n) is 6.35. The Bertz CT molecular complexity index is 480. The van der Waals surface area contributed by atoms with E-state index in [1.807, 2.05) is 37.3 Å². The highest BCUT2D eigenvalue weighted by Crippen LogP contribution is 2.19. The molecule has 0 aliphatic heterocycles. The molecule has 1 unspecified atom stereocenters. The fourth-order valence-electron chi connectivity index (χ4n) is 2.06. The molecule has 1 rings (SSSR count). The first-order chi connectivity index (χ1) is 9.70. The molecule has 0 spiro atoms. The Morgan fingerprint density at radius 1 is 1.14 bits per heavy atom. The number of carbonyl (C=O) groups is 2. The lowest BCUT2D eigenvalue weighted by Gasteiger charge is -2.28. The first-order valence-electron chi connectivity index (χ1n) is 7.04. The highest BCUT2D eigenvalue weighted by atomic mass is 16.4. The number of carboxylic acids is 1. The van der Waals surface area contributed by atoms with Gasteiger partial charge in [-0.1, -0.05) is 51.1 Å². The molecule has 0 aliphatic rings. The van der Waals surface area contributed by atoms with Gasteiger partial charge in [0, 0.05) is 6.04 Å². The minimum atomic E-state index is -1.03. The fourth-order valence-corrected chi connectivity index (χ4v) is 2.06. The summed E-state index contributed by atoms with van der Waals surface area (Å²) in [6.07, 6.45) is 0.696. The molecule has 0 aromatic heterocycles. The summed E-state index contributed by atoms with van der Waals surface area (Å²) in [7, 11) is 0. The van der Waals surface area contributed by atoms with Gasteiger partial charge in [0.25, 0.3) is 0 Å². The lowest BCUT2D eigenvalue weighted by molar-refractivity contribution is -0.141. The van der Waals surface area contributed by atoms with E-state index in [1.165, 1.54) is 0 Å². The Balaban J connectivity index is 2.54. The van der Waals surface area contributed by atoms with Crippen LogP contribution >= 0.6 is 0 Å². The van der Waals surface area contributed by atoms with Gasteiger partial charge in [-0.25, -0.2) is 9.59 Å². The number of hydrogen-bond acceptors (Lipinski definition) is 2. The number of urea groups is 1. The molecule has 3 N–H and O–H groups in total. The average Bonchev–Trinajstić information content (AvgIpc) is 2.35. The number of aliphatic carboxylic acids is 1. The molecule has 5 nitrogen and oxygen atoms in total. The van der Waals surface area contributed by atoms with Gasteiger partial charge in [-0.05, 0) is 24.3 Å². The third kappa shape index (κ3) is 5.85. The molecule has 1 aromatic rings. The summed E-state index contributed by atoms with van der Waals surface area (Å²) in [4.78, 5) is 23.1. The predicted octanol–water partition coefficient (Wildman–Crippen LogP) is 2.42. The van der Waals surface area contributed by atoms with Gasteiger partial charge in [0.15, 0.2) is 0 Å². The van der Waals surface area contributed by atoms with Crippen LogP contribution in [0.5, 0.6) is 0 Å². The van der Waals surface area contributed by atoms with Gasteiger partial charge >= 0.3 is 12.0 Å². The summed E-state index contributed by atoms with van der Waals surface area (Å²) in [6.45, 7) is 7.22. The van der Waals surface area contributed by atoms with Crippen molar-refractivity contribution in [2.75, 3.05) is 0 Å². The van der Waals surface area contributed by atoms with Crippen molar-refractivity contribution in [2.45, 2.75) is 46.2 Å². The van der Waals surface area contributed by atoms with E-state index in [0.717, 1.165) is 5.56 Å². The smallest absolute Gasteiger partial charge is 0.326 e. The summed E-state index contributed by atoms with van der Waals surface area (Å²) in [5, 5.41) is 14.5. The molecule has 0 heterocycles. The monoisotopic (exact) mass is 292 g/mol. The second-order valence-corrected chi connectivity index (χ2v) is 6.35. The molecule has 2 atom stereocenters. The summed E-state index contributed by atoms with van der Waals surface area (Å²) < 4.78 is 0. The van der Waals surface area contributed by atoms with Crippen molar-refractivity contribution < 1.29 is 14.7 Å². The molecule has 5 heteroatoms. The second kappa shape index (κ2) is 7.11. The Kier molecular flexibility index (Phi) is 5.76. The molecule has 116 valence electrons. The lowest BCUT2D eigenvalue weighted by atomic mass is 9.87. The van der Waals surface area contributed by atoms with Gasteiger partial charge in [0.1, 0.15) is 6.04 Å². The van der Waals surface area contributed by atoms with Crippen molar-refractivity contribution in [3.8, 4) is 0 Å². The number of nitrogens with one attached hydrogen (secondary N) is 2. The number of carbonyl (C=O) groups excluding carboxylic acids is 1. The van der Waals surface area contributed by atoms with Gasteiger partial charge in [-0.15, -0.1) is 0 Å². The van der Waals surface area contributed by atoms with Crippen LogP contribution in [0, 0.1) is 5.41 Å². The van der Waals surface area contributed by atoms with Crippen molar-refractivity contribution in [2.24, 2.45) is 5.41 Å². The quantitative estimate of drug-likeness (QED) is 0.780. The Hall–Kier alpha value is -2.04. The number of amides is 2. The summed E-state index contributed by atoms with van der Waals surface area (Å²) in [5.41, 5.74) is 0.571. The SMILES string of the molecule is CC(Cc1ccccc1)NC(=O)N[C@H](C(=O)O)C(C)(C)C. The first kappa shape index (κ1) is 17.0. The van der Waals surface area contributed by atoms with Crippen LogP contribution in [0.25, 0.3) is 0 Å². The van der Waals surface area contributed by atoms with Crippen LogP contribution in [0.1, 0.15) is 33.3 Å². The Morgan fingerprint density at radius 2 is 1.71 bits per heavy atom. The average molecular weight is 292 g/mol. The van der Waals surface area contributed by atoms with Gasteiger partial charge in [-0.2, -0.15) is 0 Å². The van der Waals surface area contributed by atoms with Gasteiger partial charge < -0.3 is 15.7 Å². The highest BCUT2D eigenvalue weighted by molar-refractivity contribution is 5.83. The molecule has 0 saturated heterocycles. The van der Waals surface area contributed by atoms with Crippen LogP contribution in [0.2, 0.25) is 0 Å². The van der Waals surface area contributed by atoms with Gasteiger partial charge in [0.2, 0.25) is 0 Å². The van der Waals surface area contributed by atoms with E-state index >= 15 is 0 Å². The number of benzene rings is 1. The van der Waals surface area contributed by atoms with Gasteiger partial charge in [-0.3, -0.25) is 0 Å². The molecule has 0 bridgehead atoms. The van der Waals surface area contributed by atoms with E-state index in [-0.39, 0.29) is 6.04 Å². The number of carboxylic acid groups (broad SMARTS) is 1. The first-order valence-corrected chi connectivity index (χ1v) is 7.04. The van der Waals surface area contributed by atoms with Crippen LogP contribution < -0.4 is 10.6 Å². The standard InChI is InChI=1S/C16H24N2O3/c1-11(10-12-8-6-5-7-9-12)17-15(21)18-13(14(19)20)16(2,3)4/h5-9,11,13H,10H2,1-4H3,(H,19,20)(H2,17,18,21)/t11?,13-/m1/s1. The Morgan fingerprint density at radius 3 is 2.19 bits per heavy atom. The zero-order valence-electron chi connectivity index (χ0n) is 13.0. The molecule has 0 aliphatic carbocycles. The van der Waals surface area contributed by atoms with Crippen LogP contribution in [-0.4, -0.2) is 29.2 Å². The molecule has 0 saturated carbocycles. The topological polar surface area (TPSA) is 78.4 Å². The van der Waals surface area contributed by atoms with E-state index in [4.69, 9.17) is 0 Å². The van der Waals surface area contributed by atoms with Crippen molar-refractivity contribution in [3.05, 3.63) is 35.9 Å². The van der Waals surface area contributed by atoms with Crippen molar-refractivity contribution in [3.63, 3.8) is 0 Å². The molecule has 21 heavy (non-hydrogen) atoms. The van der Waals surface area contributed by atoms with Crippen molar-refractivity contribution in [1.29, 1.82) is 0 Å². The summed E-state index contributed by atoms with van der Waals surface area (Å²) in [6, 6.07) is 8.35. The molecule has 2 amide bonds. The lowest BCUT2D eigenvalue weighted by Crippen LogP contribution is -2.53. The van der Waals surface area contributed by atoms with Crippen molar-refractivity contribution in [1.82, 2.24) is 10.6 Å². The maximum atomic E-state index is 11.9. The number of rotatable bonds is 5. The maximum Gasteiger partial charge on any atom is 0.326 e. The molecular weight excluding hydrogens is 268 g/mol. The fraction of sp³-hybridized carbons (Fsp3) is 0.500. The van der Waals surface area contributed by atoms with E-state index < -0.39 is 23.5 Å². The zero-order chi connectivity index (χ0) is 16.0. The molecular formula is C16H24N2O3. The van der Waals surface area contributed by atoms with Crippen LogP contribution in [-0.2, 0) is 11.2 Å². The molecule has 0 fully saturated rings. The zero-order valence-corrected chi connectivity index (χ0v) is 13.0. The number of hydrogen-bond donors (Lipinski definition) is 3. The van der Waals surface area contributed by atoms with Gasteiger partial charge in [0.05, 0.1) is 0 Å². The van der Waals surface area contributed by atoms with E-state index in [9.17, 15) is 14.7 Å². The third-order valence-electron chi connectivity index (χ3n) is 3.15. The van der Waals surface area contributed by atoms with Crippen LogP contribution in [0.3, 0.4) is 0 Å². The normalized spacial score (nSPS) is 14.1. The van der Waals surface area contributed by atoms with E-state index in [2.05, 4.69) is 10.6 Å². The largest absolute Gasteiger partial charge is 0.480 e. The predicted molar refractivity (Wildman–Crippen MR) is 82.2 cm³/mol. The maximum absolute atomic E-state index is 11.9. The molecule has 0 radical (unpaired) electrons. The van der Waals surface area contributed by atoms with Crippen molar-refractivity contribution >= 4 is 12.0 Å². The minimum Gasteiger partial charge on any atom is -0.480 e. The highest BCUT2D eigenvalue weighted by Gasteiger charge is 2.32.